The molecule has 4 heteroatoms. The normalized spacial score (nSPS) is 24.6. The Morgan fingerprint density at radius 1 is 1.56 bits per heavy atom. The molecular formula is C12H18N2OS. The van der Waals surface area contributed by atoms with Gasteiger partial charge in [-0.2, -0.15) is 11.3 Å². The molecule has 2 rings (SSSR count). The fourth-order valence-electron chi connectivity index (χ4n) is 2.16. The summed E-state index contributed by atoms with van der Waals surface area (Å²) in [5, 5.41) is 7.18. The zero-order valence-corrected chi connectivity index (χ0v) is 10.1. The van der Waals surface area contributed by atoms with Gasteiger partial charge in [0.05, 0.1) is 0 Å². The van der Waals surface area contributed by atoms with Crippen LogP contribution in [0.4, 0.5) is 0 Å². The smallest absolute Gasteiger partial charge is 0.223 e. The SMILES string of the molecule is NC1CCC(C(=O)NCCc2ccsc2)C1. The summed E-state index contributed by atoms with van der Waals surface area (Å²) in [6.45, 7) is 0.737. The van der Waals surface area contributed by atoms with E-state index in [1.165, 1.54) is 5.56 Å². The number of rotatable bonds is 4. The van der Waals surface area contributed by atoms with Gasteiger partial charge in [0.15, 0.2) is 0 Å². The van der Waals surface area contributed by atoms with Crippen molar-refractivity contribution in [3.05, 3.63) is 22.4 Å². The van der Waals surface area contributed by atoms with Crippen LogP contribution in [0, 0.1) is 5.92 Å². The Morgan fingerprint density at radius 2 is 2.44 bits per heavy atom. The van der Waals surface area contributed by atoms with Gasteiger partial charge in [0, 0.05) is 18.5 Å². The van der Waals surface area contributed by atoms with Crippen molar-refractivity contribution < 1.29 is 4.79 Å². The Balaban J connectivity index is 1.68. The molecular weight excluding hydrogens is 220 g/mol. The van der Waals surface area contributed by atoms with Gasteiger partial charge in [-0.25, -0.2) is 0 Å². The highest BCUT2D eigenvalue weighted by atomic mass is 32.1. The van der Waals surface area contributed by atoms with Gasteiger partial charge in [0.1, 0.15) is 0 Å². The van der Waals surface area contributed by atoms with Gasteiger partial charge in [0.2, 0.25) is 5.91 Å². The maximum absolute atomic E-state index is 11.8. The fourth-order valence-corrected chi connectivity index (χ4v) is 2.87. The second kappa shape index (κ2) is 5.46. The third kappa shape index (κ3) is 3.06. The minimum Gasteiger partial charge on any atom is -0.356 e. The number of hydrogen-bond donors (Lipinski definition) is 2. The van der Waals surface area contributed by atoms with Crippen molar-refractivity contribution in [3.63, 3.8) is 0 Å². The quantitative estimate of drug-likeness (QED) is 0.836. The second-order valence-corrected chi connectivity index (χ2v) is 5.22. The summed E-state index contributed by atoms with van der Waals surface area (Å²) in [4.78, 5) is 11.8. The zero-order chi connectivity index (χ0) is 11.4. The predicted octanol–water partition coefficient (Wildman–Crippen LogP) is 1.53. The van der Waals surface area contributed by atoms with Crippen LogP contribution in [0.5, 0.6) is 0 Å². The molecule has 2 unspecified atom stereocenters. The number of nitrogens with two attached hydrogens (primary N) is 1. The first-order valence-corrected chi connectivity index (χ1v) is 6.74. The zero-order valence-electron chi connectivity index (χ0n) is 9.32. The minimum absolute atomic E-state index is 0.150. The molecule has 1 aromatic heterocycles. The van der Waals surface area contributed by atoms with E-state index in [1.54, 1.807) is 11.3 Å². The number of nitrogens with one attached hydrogen (secondary N) is 1. The van der Waals surface area contributed by atoms with Crippen molar-refractivity contribution >= 4 is 17.2 Å². The van der Waals surface area contributed by atoms with Gasteiger partial charge in [-0.15, -0.1) is 0 Å². The lowest BCUT2D eigenvalue weighted by Gasteiger charge is -2.10. The molecule has 1 amide bonds. The molecule has 1 aliphatic carbocycles. The molecule has 16 heavy (non-hydrogen) atoms. The highest BCUT2D eigenvalue weighted by molar-refractivity contribution is 7.07. The second-order valence-electron chi connectivity index (χ2n) is 4.44. The first-order chi connectivity index (χ1) is 7.75. The molecule has 88 valence electrons. The third-order valence-corrected chi connectivity index (χ3v) is 3.87. The van der Waals surface area contributed by atoms with E-state index in [0.717, 1.165) is 32.2 Å². The molecule has 1 aromatic rings. The van der Waals surface area contributed by atoms with Gasteiger partial charge in [-0.3, -0.25) is 4.79 Å². The molecule has 3 N–H and O–H groups in total. The maximum Gasteiger partial charge on any atom is 0.223 e. The Morgan fingerprint density at radius 3 is 3.06 bits per heavy atom. The molecule has 1 heterocycles. The van der Waals surface area contributed by atoms with Crippen molar-refractivity contribution in [2.75, 3.05) is 6.54 Å². The van der Waals surface area contributed by atoms with Crippen LogP contribution in [-0.4, -0.2) is 18.5 Å². The molecule has 0 aliphatic heterocycles. The van der Waals surface area contributed by atoms with Crippen LogP contribution >= 0.6 is 11.3 Å². The van der Waals surface area contributed by atoms with E-state index >= 15 is 0 Å². The Labute approximate surface area is 100 Å². The fraction of sp³-hybridized carbons (Fsp3) is 0.583. The van der Waals surface area contributed by atoms with Crippen LogP contribution in [0.3, 0.4) is 0 Å². The lowest BCUT2D eigenvalue weighted by Crippen LogP contribution is -2.31. The number of hydrogen-bond acceptors (Lipinski definition) is 3. The van der Waals surface area contributed by atoms with Gasteiger partial charge in [0.25, 0.3) is 0 Å². The summed E-state index contributed by atoms with van der Waals surface area (Å²) in [7, 11) is 0. The first kappa shape index (κ1) is 11.6. The summed E-state index contributed by atoms with van der Waals surface area (Å²) in [5.41, 5.74) is 7.09. The predicted molar refractivity (Wildman–Crippen MR) is 66.3 cm³/mol. The highest BCUT2D eigenvalue weighted by Crippen LogP contribution is 2.23. The van der Waals surface area contributed by atoms with E-state index in [2.05, 4.69) is 22.1 Å². The third-order valence-electron chi connectivity index (χ3n) is 3.14. The number of carbonyl (C=O) groups is 1. The van der Waals surface area contributed by atoms with Crippen LogP contribution in [0.15, 0.2) is 16.8 Å². The maximum atomic E-state index is 11.8. The van der Waals surface area contributed by atoms with Gasteiger partial charge in [-0.05, 0) is 48.1 Å². The van der Waals surface area contributed by atoms with Crippen molar-refractivity contribution in [1.82, 2.24) is 5.32 Å². The van der Waals surface area contributed by atoms with Crippen molar-refractivity contribution in [1.29, 1.82) is 0 Å². The molecule has 1 fully saturated rings. The summed E-state index contributed by atoms with van der Waals surface area (Å²) in [6, 6.07) is 2.33. The largest absolute Gasteiger partial charge is 0.356 e. The van der Waals surface area contributed by atoms with Crippen LogP contribution in [0.2, 0.25) is 0 Å². The molecule has 3 nitrogen and oxygen atoms in total. The monoisotopic (exact) mass is 238 g/mol. The number of thiophene rings is 1. The molecule has 1 aliphatic rings. The van der Waals surface area contributed by atoms with Crippen molar-refractivity contribution in [2.24, 2.45) is 11.7 Å². The van der Waals surface area contributed by atoms with E-state index in [-0.39, 0.29) is 17.9 Å². The average molecular weight is 238 g/mol. The summed E-state index contributed by atoms with van der Waals surface area (Å²) in [6.07, 6.45) is 3.71. The summed E-state index contributed by atoms with van der Waals surface area (Å²) in [5.74, 6) is 0.334. The topological polar surface area (TPSA) is 55.1 Å². The lowest BCUT2D eigenvalue weighted by atomic mass is 10.1. The van der Waals surface area contributed by atoms with Crippen LogP contribution < -0.4 is 11.1 Å². The van der Waals surface area contributed by atoms with E-state index in [1.807, 2.05) is 0 Å². The lowest BCUT2D eigenvalue weighted by molar-refractivity contribution is -0.124. The molecule has 0 aromatic carbocycles. The first-order valence-electron chi connectivity index (χ1n) is 5.80. The van der Waals surface area contributed by atoms with E-state index in [4.69, 9.17) is 5.73 Å². The Bertz CT molecular complexity index is 337. The molecule has 0 bridgehead atoms. The van der Waals surface area contributed by atoms with Gasteiger partial charge in [-0.1, -0.05) is 0 Å². The molecule has 0 radical (unpaired) electrons. The highest BCUT2D eigenvalue weighted by Gasteiger charge is 2.27. The molecule has 0 saturated heterocycles. The van der Waals surface area contributed by atoms with E-state index in [0.29, 0.717) is 0 Å². The van der Waals surface area contributed by atoms with Crippen LogP contribution in [0.1, 0.15) is 24.8 Å². The molecule has 0 spiro atoms. The van der Waals surface area contributed by atoms with Crippen molar-refractivity contribution in [3.8, 4) is 0 Å². The number of amides is 1. The molecule has 1 saturated carbocycles. The van der Waals surface area contributed by atoms with Gasteiger partial charge >= 0.3 is 0 Å². The average Bonchev–Trinajstić information content (AvgIpc) is 2.89. The standard InChI is InChI=1S/C12H18N2OS/c13-11-2-1-10(7-11)12(15)14-5-3-9-4-6-16-8-9/h4,6,8,10-11H,1-3,5,7,13H2,(H,14,15). The van der Waals surface area contributed by atoms with Gasteiger partial charge < -0.3 is 11.1 Å². The number of carbonyl (C=O) groups excluding carboxylic acids is 1. The Hall–Kier alpha value is -0.870. The van der Waals surface area contributed by atoms with Crippen LogP contribution in [-0.2, 0) is 11.2 Å². The molecule has 2 atom stereocenters. The van der Waals surface area contributed by atoms with Crippen molar-refractivity contribution in [2.45, 2.75) is 31.7 Å². The Kier molecular flexibility index (Phi) is 3.96. The summed E-state index contributed by atoms with van der Waals surface area (Å²) >= 11 is 1.69. The van der Waals surface area contributed by atoms with Crippen LogP contribution in [0.25, 0.3) is 0 Å². The van der Waals surface area contributed by atoms with E-state index < -0.39 is 0 Å². The minimum atomic E-state index is 0.150. The summed E-state index contributed by atoms with van der Waals surface area (Å²) < 4.78 is 0. The van der Waals surface area contributed by atoms with E-state index in [9.17, 15) is 4.79 Å².